The number of nitrogen functional groups attached to an aromatic ring is 1. The molecule has 4 aliphatic heterocycles. The molecule has 3 amide bonds. The van der Waals surface area contributed by atoms with Crippen molar-refractivity contribution in [3.8, 4) is 39.3 Å². The second-order valence-corrected chi connectivity index (χ2v) is 22.4. The van der Waals surface area contributed by atoms with Crippen LogP contribution in [0.3, 0.4) is 0 Å². The number of piperazine rings is 1. The molecular formula is C56H66N12O9S. The lowest BCUT2D eigenvalue weighted by Gasteiger charge is -2.43. The van der Waals surface area contributed by atoms with E-state index in [-0.39, 0.29) is 91.0 Å². The maximum Gasteiger partial charge on any atom is 0.260 e. The Morgan fingerprint density at radius 2 is 1.65 bits per heavy atom. The summed E-state index contributed by atoms with van der Waals surface area (Å²) in [5.74, 6) is -0.601. The fourth-order valence-corrected chi connectivity index (χ4v) is 12.5. The van der Waals surface area contributed by atoms with Crippen LogP contribution in [0.5, 0.6) is 17.5 Å². The number of likely N-dealkylation sites (tertiary alicyclic amines) is 2. The van der Waals surface area contributed by atoms with Crippen LogP contribution in [0.2, 0.25) is 0 Å². The average Bonchev–Trinajstić information content (AvgIpc) is 4.31. The number of para-hydroxylation sites is 1. The van der Waals surface area contributed by atoms with Gasteiger partial charge in [-0.1, -0.05) is 32.0 Å². The molecule has 9 heterocycles. The number of nitrogens with two attached hydrogens (primary N) is 1. The summed E-state index contributed by atoms with van der Waals surface area (Å²) < 4.78 is 24.3. The monoisotopic (exact) mass is 1080 g/mol. The van der Waals surface area contributed by atoms with E-state index in [0.29, 0.717) is 48.9 Å². The van der Waals surface area contributed by atoms with E-state index in [1.165, 1.54) is 22.3 Å². The van der Waals surface area contributed by atoms with Crippen molar-refractivity contribution in [3.05, 3.63) is 95.6 Å². The Bertz CT molecular complexity index is 3090. The number of benzene rings is 1. The standard InChI is InChI=1S/C56H66N12O9S/c1-31(2)52(56(73)67-28-38(69)20-46(67)55(72)61-32(3)34-9-12-43(59-25-34)53-33(4)60-30-78-53)48-24-50(64-77-48)74-29-51(71)65-17-14-39(15-18-65)75-40-21-41(22-40)76-49-19-35(13-16-58-49)68-36-10-11-37(68)27-66(26-36)45-23-44(62-63-54(45)57)42-7-5-6-8-47(42)70/h5-9,12-13,16,19,23-25,30-32,36-41,46,52,69-70H,10-11,14-15,17-18,20-22,26-29H2,1-4H3,(H2,57,63)(H,61,72)/t32-,36?,37?,38+,40?,41?,46-,52-/m0/s1. The van der Waals surface area contributed by atoms with Gasteiger partial charge in [0.1, 0.15) is 23.8 Å². The van der Waals surface area contributed by atoms with Gasteiger partial charge >= 0.3 is 0 Å². The zero-order valence-electron chi connectivity index (χ0n) is 44.2. The number of pyridine rings is 2. The zero-order chi connectivity index (χ0) is 54.2. The van der Waals surface area contributed by atoms with Crippen LogP contribution in [-0.2, 0) is 19.1 Å². The highest BCUT2D eigenvalue weighted by atomic mass is 32.1. The third-order valence-electron chi connectivity index (χ3n) is 15.9. The number of thiazole rings is 1. The maximum absolute atomic E-state index is 14.2. The van der Waals surface area contributed by atoms with Gasteiger partial charge in [-0.25, -0.2) is 9.97 Å². The number of phenols is 1. The molecule has 1 aliphatic carbocycles. The van der Waals surface area contributed by atoms with E-state index in [9.17, 15) is 24.6 Å². The van der Waals surface area contributed by atoms with E-state index in [0.717, 1.165) is 72.0 Å². The number of aromatic hydroxyl groups is 1. The molecule has 2 unspecified atom stereocenters. The minimum atomic E-state index is -0.898. The van der Waals surface area contributed by atoms with Crippen molar-refractivity contribution in [2.45, 2.75) is 127 Å². The third kappa shape index (κ3) is 11.1. The third-order valence-corrected chi connectivity index (χ3v) is 16.9. The second-order valence-electron chi connectivity index (χ2n) is 21.6. The molecular weight excluding hydrogens is 1020 g/mol. The Morgan fingerprint density at radius 1 is 0.872 bits per heavy atom. The van der Waals surface area contributed by atoms with Gasteiger partial charge in [-0.2, -0.15) is 0 Å². The van der Waals surface area contributed by atoms with E-state index >= 15 is 0 Å². The quantitative estimate of drug-likeness (QED) is 0.0807. The number of rotatable bonds is 17. The van der Waals surface area contributed by atoms with Crippen molar-refractivity contribution in [1.82, 2.24) is 45.4 Å². The van der Waals surface area contributed by atoms with Crippen LogP contribution in [0.25, 0.3) is 21.8 Å². The Labute approximate surface area is 456 Å². The number of fused-ring (bicyclic) bond motifs is 2. The van der Waals surface area contributed by atoms with Crippen molar-refractivity contribution in [2.24, 2.45) is 5.92 Å². The largest absolute Gasteiger partial charge is 0.507 e. The first-order valence-corrected chi connectivity index (χ1v) is 27.9. The first kappa shape index (κ1) is 52.6. The summed E-state index contributed by atoms with van der Waals surface area (Å²) in [5.41, 5.74) is 13.8. The number of hydrogen-bond donors (Lipinski definition) is 4. The molecule has 1 saturated carbocycles. The van der Waals surface area contributed by atoms with Gasteiger partial charge in [0.2, 0.25) is 17.7 Å². The number of aliphatic hydroxyl groups is 1. The fourth-order valence-electron chi connectivity index (χ4n) is 11.7. The van der Waals surface area contributed by atoms with Gasteiger partial charge in [0, 0.05) is 99.8 Å². The molecule has 0 radical (unpaired) electrons. The molecule has 4 saturated heterocycles. The van der Waals surface area contributed by atoms with E-state index in [1.54, 1.807) is 28.7 Å². The Morgan fingerprint density at radius 3 is 2.37 bits per heavy atom. The molecule has 78 heavy (non-hydrogen) atoms. The lowest BCUT2D eigenvalue weighted by atomic mass is 9.91. The number of aliphatic hydroxyl groups excluding tert-OH is 1. The number of hydrogen-bond acceptors (Lipinski definition) is 19. The minimum Gasteiger partial charge on any atom is -0.507 e. The molecule has 410 valence electrons. The number of nitrogens with zero attached hydrogens (tertiary/aromatic N) is 10. The van der Waals surface area contributed by atoms with Gasteiger partial charge in [-0.05, 0) is 86.5 Å². The molecule has 22 heteroatoms. The highest BCUT2D eigenvalue weighted by Crippen LogP contribution is 2.41. The SMILES string of the molecule is Cc1ncsc1-c1ccc([C@H](C)NC(=O)[C@@H]2C[C@@H](O)CN2C(=O)[C@H](c2cc(OCC(=O)N3CCC(OC4CC(Oc5cc(N6C7CCC6CN(c6cc(-c8ccccc8O)nnc6N)C7)ccn5)C4)CC3)no2)C(C)C)cn1. The number of piperidine rings is 1. The van der Waals surface area contributed by atoms with Gasteiger partial charge in [0.05, 0.1) is 57.5 Å². The summed E-state index contributed by atoms with van der Waals surface area (Å²) in [6, 6.07) is 17.7. The summed E-state index contributed by atoms with van der Waals surface area (Å²) in [5, 5.41) is 36.8. The molecule has 5 aliphatic rings. The van der Waals surface area contributed by atoms with Crippen LogP contribution in [0.15, 0.2) is 83.1 Å². The number of aromatic nitrogens is 6. The Hall–Kier alpha value is -7.43. The summed E-state index contributed by atoms with van der Waals surface area (Å²) in [6.07, 6.45) is 7.84. The number of ether oxygens (including phenoxy) is 3. The molecule has 5 aromatic heterocycles. The molecule has 5 fully saturated rings. The normalized spacial score (nSPS) is 23.1. The molecule has 0 spiro atoms. The van der Waals surface area contributed by atoms with Crippen LogP contribution in [0.4, 0.5) is 17.2 Å². The van der Waals surface area contributed by atoms with Gasteiger partial charge in [0.25, 0.3) is 11.8 Å². The van der Waals surface area contributed by atoms with Gasteiger partial charge in [-0.15, -0.1) is 21.5 Å². The Balaban J connectivity index is 0.611. The number of carbonyl (C=O) groups is 3. The van der Waals surface area contributed by atoms with Crippen LogP contribution in [0, 0.1) is 12.8 Å². The van der Waals surface area contributed by atoms with Gasteiger partial charge in [-0.3, -0.25) is 19.4 Å². The zero-order valence-corrected chi connectivity index (χ0v) is 45.0. The van der Waals surface area contributed by atoms with Crippen molar-refractivity contribution in [3.63, 3.8) is 0 Å². The number of β-amino-alcohol motifs (C(OH)–C–C–N with tert-alkyl or cyclic N) is 1. The van der Waals surface area contributed by atoms with E-state index in [1.807, 2.05) is 70.3 Å². The van der Waals surface area contributed by atoms with E-state index in [4.69, 9.17) is 24.5 Å². The average molecular weight is 1080 g/mol. The van der Waals surface area contributed by atoms with E-state index < -0.39 is 24.1 Å². The topological polar surface area (TPSA) is 261 Å². The number of nitrogens with one attached hydrogen (secondary N) is 1. The summed E-state index contributed by atoms with van der Waals surface area (Å²) in [4.78, 5) is 63.7. The first-order valence-electron chi connectivity index (χ1n) is 27.0. The number of phenolic OH excluding ortho intramolecular Hbond substituents is 1. The smallest absolute Gasteiger partial charge is 0.260 e. The lowest BCUT2D eigenvalue weighted by Crippen LogP contribution is -2.54. The summed E-state index contributed by atoms with van der Waals surface area (Å²) in [7, 11) is 0. The van der Waals surface area contributed by atoms with Crippen molar-refractivity contribution < 1.29 is 43.3 Å². The highest BCUT2D eigenvalue weighted by molar-refractivity contribution is 7.13. The van der Waals surface area contributed by atoms with E-state index in [2.05, 4.69) is 51.5 Å². The predicted octanol–water partition coefficient (Wildman–Crippen LogP) is 6.07. The van der Waals surface area contributed by atoms with Crippen molar-refractivity contribution in [2.75, 3.05) is 54.9 Å². The molecule has 6 atom stereocenters. The number of aryl methyl sites for hydroxylation is 1. The second kappa shape index (κ2) is 22.5. The number of anilines is 3. The molecule has 6 aromatic rings. The lowest BCUT2D eigenvalue weighted by molar-refractivity contribution is -0.141. The summed E-state index contributed by atoms with van der Waals surface area (Å²) in [6.45, 7) is 9.86. The van der Waals surface area contributed by atoms with Crippen LogP contribution >= 0.6 is 11.3 Å². The molecule has 21 nitrogen and oxygen atoms in total. The predicted molar refractivity (Wildman–Crippen MR) is 290 cm³/mol. The number of carbonyl (C=O) groups excluding carboxylic acids is 3. The first-order chi connectivity index (χ1) is 37.7. The van der Waals surface area contributed by atoms with Gasteiger partial charge in [0.15, 0.2) is 18.2 Å². The molecule has 11 rings (SSSR count). The highest BCUT2D eigenvalue weighted by Gasteiger charge is 2.45. The molecule has 2 bridgehead atoms. The van der Waals surface area contributed by atoms with Crippen LogP contribution < -0.4 is 30.3 Å². The Kier molecular flexibility index (Phi) is 15.2. The molecule has 5 N–H and O–H groups in total. The van der Waals surface area contributed by atoms with Crippen molar-refractivity contribution >= 4 is 46.3 Å². The molecule has 1 aromatic carbocycles. The van der Waals surface area contributed by atoms with Crippen LogP contribution in [0.1, 0.15) is 94.7 Å². The van der Waals surface area contributed by atoms with Crippen LogP contribution in [-0.4, -0.2) is 150 Å². The van der Waals surface area contributed by atoms with Crippen molar-refractivity contribution in [1.29, 1.82) is 0 Å². The van der Waals surface area contributed by atoms with Gasteiger partial charge < -0.3 is 59.6 Å². The number of amides is 3. The maximum atomic E-state index is 14.2. The fraction of sp³-hybridized carbons (Fsp3) is 0.482. The summed E-state index contributed by atoms with van der Waals surface area (Å²) >= 11 is 1.52. The minimum absolute atomic E-state index is 0.00467.